The third-order valence-electron chi connectivity index (χ3n) is 3.13. The first kappa shape index (κ1) is 14.0. The van der Waals surface area contributed by atoms with Gasteiger partial charge in [0.2, 0.25) is 5.91 Å². The summed E-state index contributed by atoms with van der Waals surface area (Å²) in [5.41, 5.74) is 0.239. The summed E-state index contributed by atoms with van der Waals surface area (Å²) < 4.78 is 18.8. The second kappa shape index (κ2) is 6.63. The summed E-state index contributed by atoms with van der Waals surface area (Å²) in [5, 5.41) is 2.59. The molecular formula is C14H19FN2O2. The van der Waals surface area contributed by atoms with Gasteiger partial charge in [0, 0.05) is 26.1 Å². The van der Waals surface area contributed by atoms with E-state index in [1.54, 1.807) is 18.2 Å². The van der Waals surface area contributed by atoms with Crippen molar-refractivity contribution in [1.82, 2.24) is 4.90 Å². The molecular weight excluding hydrogens is 247 g/mol. The standard InChI is InChI=1S/C14H19FN2O2/c1-11-10-17(8-9-19-11)7-6-14(18)16-13-5-3-2-4-12(13)15/h2-5,11H,6-10H2,1H3,(H,16,18)/t11-/m0/s1. The number of ether oxygens (including phenoxy) is 1. The lowest BCUT2D eigenvalue weighted by Crippen LogP contribution is -2.42. The first-order valence-corrected chi connectivity index (χ1v) is 6.53. The molecule has 5 heteroatoms. The van der Waals surface area contributed by atoms with Gasteiger partial charge in [0.25, 0.3) is 0 Å². The van der Waals surface area contributed by atoms with E-state index in [0.29, 0.717) is 19.6 Å². The number of carbonyl (C=O) groups is 1. The summed E-state index contributed by atoms with van der Waals surface area (Å²) in [6.07, 6.45) is 0.574. The molecule has 1 amide bonds. The lowest BCUT2D eigenvalue weighted by atomic mass is 10.2. The number of morpholine rings is 1. The molecule has 0 aliphatic carbocycles. The third kappa shape index (κ3) is 4.29. The Kier molecular flexibility index (Phi) is 4.87. The van der Waals surface area contributed by atoms with E-state index in [-0.39, 0.29) is 17.7 Å². The summed E-state index contributed by atoms with van der Waals surface area (Å²) >= 11 is 0. The summed E-state index contributed by atoms with van der Waals surface area (Å²) in [7, 11) is 0. The number of para-hydroxylation sites is 1. The van der Waals surface area contributed by atoms with Gasteiger partial charge in [-0.1, -0.05) is 12.1 Å². The fraction of sp³-hybridized carbons (Fsp3) is 0.500. The van der Waals surface area contributed by atoms with Gasteiger partial charge in [0.15, 0.2) is 0 Å². The Balaban J connectivity index is 1.77. The zero-order valence-electron chi connectivity index (χ0n) is 11.1. The molecule has 0 spiro atoms. The molecule has 1 aliphatic rings. The largest absolute Gasteiger partial charge is 0.376 e. The predicted octanol–water partition coefficient (Wildman–Crippen LogP) is 1.88. The van der Waals surface area contributed by atoms with Crippen LogP contribution in [0.2, 0.25) is 0 Å². The number of nitrogens with zero attached hydrogens (tertiary/aromatic N) is 1. The van der Waals surface area contributed by atoms with Crippen LogP contribution in [0.15, 0.2) is 24.3 Å². The smallest absolute Gasteiger partial charge is 0.225 e. The van der Waals surface area contributed by atoms with Gasteiger partial charge in [-0.25, -0.2) is 4.39 Å². The molecule has 104 valence electrons. The summed E-state index contributed by atoms with van der Waals surface area (Å²) in [6.45, 7) is 5.08. The Labute approximate surface area is 112 Å². The van der Waals surface area contributed by atoms with E-state index in [9.17, 15) is 9.18 Å². The molecule has 1 fully saturated rings. The Bertz CT molecular complexity index is 439. The number of rotatable bonds is 4. The first-order valence-electron chi connectivity index (χ1n) is 6.53. The number of hydrogen-bond donors (Lipinski definition) is 1. The molecule has 1 aromatic rings. The highest BCUT2D eigenvalue weighted by molar-refractivity contribution is 5.90. The fourth-order valence-corrected chi connectivity index (χ4v) is 2.13. The molecule has 2 rings (SSSR count). The van der Waals surface area contributed by atoms with Gasteiger partial charge in [-0.2, -0.15) is 0 Å². The molecule has 19 heavy (non-hydrogen) atoms. The zero-order chi connectivity index (χ0) is 13.7. The summed E-state index contributed by atoms with van der Waals surface area (Å²) in [4.78, 5) is 13.9. The van der Waals surface area contributed by atoms with Gasteiger partial charge >= 0.3 is 0 Å². The predicted molar refractivity (Wildman–Crippen MR) is 71.5 cm³/mol. The molecule has 1 atom stereocenters. The Morgan fingerprint density at radius 3 is 3.05 bits per heavy atom. The monoisotopic (exact) mass is 266 g/mol. The second-order valence-corrected chi connectivity index (χ2v) is 4.76. The highest BCUT2D eigenvalue weighted by Gasteiger charge is 2.17. The van der Waals surface area contributed by atoms with Crippen LogP contribution in [0, 0.1) is 5.82 Å². The third-order valence-corrected chi connectivity index (χ3v) is 3.13. The van der Waals surface area contributed by atoms with Crippen LogP contribution in [-0.4, -0.2) is 43.2 Å². The molecule has 0 radical (unpaired) electrons. The van der Waals surface area contributed by atoms with Gasteiger partial charge in [-0.15, -0.1) is 0 Å². The Morgan fingerprint density at radius 2 is 2.32 bits per heavy atom. The van der Waals surface area contributed by atoms with E-state index in [0.717, 1.165) is 13.1 Å². The van der Waals surface area contributed by atoms with Crippen molar-refractivity contribution in [1.29, 1.82) is 0 Å². The maximum atomic E-state index is 13.4. The van der Waals surface area contributed by atoms with E-state index in [2.05, 4.69) is 10.2 Å². The van der Waals surface area contributed by atoms with Crippen molar-refractivity contribution in [3.05, 3.63) is 30.1 Å². The second-order valence-electron chi connectivity index (χ2n) is 4.76. The van der Waals surface area contributed by atoms with Crippen LogP contribution in [-0.2, 0) is 9.53 Å². The van der Waals surface area contributed by atoms with E-state index in [1.165, 1.54) is 6.07 Å². The van der Waals surface area contributed by atoms with Crippen molar-refractivity contribution in [2.45, 2.75) is 19.4 Å². The molecule has 0 unspecified atom stereocenters. The molecule has 1 N–H and O–H groups in total. The maximum Gasteiger partial charge on any atom is 0.225 e. The highest BCUT2D eigenvalue weighted by Crippen LogP contribution is 2.13. The summed E-state index contributed by atoms with van der Waals surface area (Å²) in [5.74, 6) is -0.569. The van der Waals surface area contributed by atoms with Gasteiger partial charge in [-0.3, -0.25) is 9.69 Å². The SMILES string of the molecule is C[C@H]1CN(CCC(=O)Nc2ccccc2F)CCO1. The number of benzene rings is 1. The number of hydrogen-bond acceptors (Lipinski definition) is 3. The number of amides is 1. The minimum Gasteiger partial charge on any atom is -0.376 e. The van der Waals surface area contributed by atoms with E-state index < -0.39 is 5.82 Å². The van der Waals surface area contributed by atoms with Crippen LogP contribution in [0.1, 0.15) is 13.3 Å². The molecule has 0 aromatic heterocycles. The minimum atomic E-state index is -0.407. The van der Waals surface area contributed by atoms with Crippen LogP contribution < -0.4 is 5.32 Å². The molecule has 0 saturated carbocycles. The van der Waals surface area contributed by atoms with Crippen LogP contribution in [0.25, 0.3) is 0 Å². The van der Waals surface area contributed by atoms with E-state index in [1.807, 2.05) is 6.92 Å². The van der Waals surface area contributed by atoms with Crippen LogP contribution in [0.4, 0.5) is 10.1 Å². The number of carbonyl (C=O) groups excluding carboxylic acids is 1. The molecule has 1 heterocycles. The average Bonchev–Trinajstić information content (AvgIpc) is 2.39. The van der Waals surface area contributed by atoms with Crippen molar-refractivity contribution in [2.24, 2.45) is 0 Å². The number of nitrogens with one attached hydrogen (secondary N) is 1. The number of halogens is 1. The quantitative estimate of drug-likeness (QED) is 0.904. The van der Waals surface area contributed by atoms with Crippen molar-refractivity contribution < 1.29 is 13.9 Å². The fourth-order valence-electron chi connectivity index (χ4n) is 2.13. The lowest BCUT2D eigenvalue weighted by Gasteiger charge is -2.30. The first-order chi connectivity index (χ1) is 9.15. The average molecular weight is 266 g/mol. The molecule has 1 aliphatic heterocycles. The summed E-state index contributed by atoms with van der Waals surface area (Å²) in [6, 6.07) is 6.19. The van der Waals surface area contributed by atoms with Crippen LogP contribution in [0.3, 0.4) is 0 Å². The zero-order valence-corrected chi connectivity index (χ0v) is 11.1. The Morgan fingerprint density at radius 1 is 1.53 bits per heavy atom. The van der Waals surface area contributed by atoms with Gasteiger partial charge < -0.3 is 10.1 Å². The van der Waals surface area contributed by atoms with Gasteiger partial charge in [-0.05, 0) is 19.1 Å². The van der Waals surface area contributed by atoms with Crippen LogP contribution >= 0.6 is 0 Å². The van der Waals surface area contributed by atoms with Crippen molar-refractivity contribution >= 4 is 11.6 Å². The maximum absolute atomic E-state index is 13.4. The van der Waals surface area contributed by atoms with Gasteiger partial charge in [0.05, 0.1) is 18.4 Å². The number of anilines is 1. The normalized spacial score (nSPS) is 20.2. The highest BCUT2D eigenvalue weighted by atomic mass is 19.1. The lowest BCUT2D eigenvalue weighted by molar-refractivity contribution is -0.117. The molecule has 1 aromatic carbocycles. The Hall–Kier alpha value is -1.46. The van der Waals surface area contributed by atoms with Crippen molar-refractivity contribution in [3.8, 4) is 0 Å². The van der Waals surface area contributed by atoms with Crippen molar-refractivity contribution in [3.63, 3.8) is 0 Å². The topological polar surface area (TPSA) is 41.6 Å². The van der Waals surface area contributed by atoms with Crippen LogP contribution in [0.5, 0.6) is 0 Å². The van der Waals surface area contributed by atoms with E-state index >= 15 is 0 Å². The van der Waals surface area contributed by atoms with Crippen molar-refractivity contribution in [2.75, 3.05) is 31.6 Å². The van der Waals surface area contributed by atoms with Gasteiger partial charge in [0.1, 0.15) is 5.82 Å². The molecule has 0 bridgehead atoms. The van der Waals surface area contributed by atoms with E-state index in [4.69, 9.17) is 4.74 Å². The minimum absolute atomic E-state index is 0.163. The molecule has 4 nitrogen and oxygen atoms in total. The molecule has 1 saturated heterocycles.